The first-order valence-corrected chi connectivity index (χ1v) is 6.66. The van der Waals surface area contributed by atoms with Gasteiger partial charge in [0.25, 0.3) is 5.56 Å². The third-order valence-corrected chi connectivity index (χ3v) is 3.55. The van der Waals surface area contributed by atoms with Crippen LogP contribution in [0.2, 0.25) is 0 Å². The van der Waals surface area contributed by atoms with Crippen LogP contribution in [0.4, 0.5) is 5.69 Å². The third-order valence-electron chi connectivity index (χ3n) is 3.55. The zero-order valence-electron chi connectivity index (χ0n) is 11.8. The highest BCUT2D eigenvalue weighted by atomic mass is 16.1. The lowest BCUT2D eigenvalue weighted by atomic mass is 10.1. The molecule has 4 nitrogen and oxygen atoms in total. The van der Waals surface area contributed by atoms with E-state index in [-0.39, 0.29) is 5.56 Å². The van der Waals surface area contributed by atoms with Crippen molar-refractivity contribution in [2.75, 3.05) is 5.73 Å². The first-order valence-electron chi connectivity index (χ1n) is 6.66. The summed E-state index contributed by atoms with van der Waals surface area (Å²) in [6, 6.07) is 8.11. The van der Waals surface area contributed by atoms with E-state index < -0.39 is 0 Å². The lowest BCUT2D eigenvalue weighted by Crippen LogP contribution is -2.25. The molecule has 102 valence electrons. The lowest BCUT2D eigenvalue weighted by molar-refractivity contribution is 0.456. The molecular formula is C15H21N3O. The van der Waals surface area contributed by atoms with Crippen LogP contribution in [0.1, 0.15) is 30.2 Å². The number of aryl methyl sites for hydroxylation is 1. The summed E-state index contributed by atoms with van der Waals surface area (Å²) in [7, 11) is 0. The average Bonchev–Trinajstić information content (AvgIpc) is 2.59. The van der Waals surface area contributed by atoms with Gasteiger partial charge in [-0.3, -0.25) is 9.48 Å². The second kappa shape index (κ2) is 5.34. The molecule has 0 amide bonds. The number of aromatic nitrogens is 2. The lowest BCUT2D eigenvalue weighted by Gasteiger charge is -2.13. The Morgan fingerprint density at radius 2 is 1.84 bits per heavy atom. The molecule has 0 spiro atoms. The number of nitrogen functional groups attached to an aromatic ring is 1. The van der Waals surface area contributed by atoms with Crippen molar-refractivity contribution in [3.05, 3.63) is 51.4 Å². The van der Waals surface area contributed by atoms with Crippen LogP contribution in [-0.2, 0) is 13.1 Å². The fourth-order valence-electron chi connectivity index (χ4n) is 2.33. The Bertz CT molecular complexity index is 637. The standard InChI is InChI=1S/C15H21N3O/c1-4-9-17-12(3)14(16)15(19)18(17)10-13-8-6-5-7-11(13)2/h5-8H,4,9-10,16H2,1-3H3. The normalized spacial score (nSPS) is 10.9. The Balaban J connectivity index is 2.48. The molecule has 1 aromatic carbocycles. The minimum atomic E-state index is -0.0887. The van der Waals surface area contributed by atoms with Gasteiger partial charge in [0.2, 0.25) is 0 Å². The summed E-state index contributed by atoms with van der Waals surface area (Å²) in [5.41, 5.74) is 9.35. The predicted molar refractivity (Wildman–Crippen MR) is 78.4 cm³/mol. The van der Waals surface area contributed by atoms with Crippen molar-refractivity contribution in [2.24, 2.45) is 0 Å². The molecule has 0 fully saturated rings. The van der Waals surface area contributed by atoms with E-state index in [0.29, 0.717) is 12.2 Å². The van der Waals surface area contributed by atoms with Gasteiger partial charge >= 0.3 is 0 Å². The Morgan fingerprint density at radius 1 is 1.16 bits per heavy atom. The zero-order chi connectivity index (χ0) is 14.0. The summed E-state index contributed by atoms with van der Waals surface area (Å²) < 4.78 is 3.74. The summed E-state index contributed by atoms with van der Waals surface area (Å²) in [5.74, 6) is 0. The molecule has 0 radical (unpaired) electrons. The number of rotatable bonds is 4. The van der Waals surface area contributed by atoms with Gasteiger partial charge in [-0.2, -0.15) is 0 Å². The van der Waals surface area contributed by atoms with Gasteiger partial charge in [0.15, 0.2) is 0 Å². The van der Waals surface area contributed by atoms with E-state index in [1.807, 2.05) is 23.7 Å². The first-order chi connectivity index (χ1) is 9.06. The molecule has 2 N–H and O–H groups in total. The van der Waals surface area contributed by atoms with Crippen LogP contribution in [0.15, 0.2) is 29.1 Å². The van der Waals surface area contributed by atoms with Crippen LogP contribution in [-0.4, -0.2) is 9.36 Å². The third kappa shape index (κ3) is 2.43. The number of anilines is 1. The van der Waals surface area contributed by atoms with E-state index in [0.717, 1.165) is 24.2 Å². The summed E-state index contributed by atoms with van der Waals surface area (Å²) in [6.45, 7) is 7.44. The molecule has 1 heterocycles. The maximum absolute atomic E-state index is 12.2. The molecule has 0 aliphatic rings. The fourth-order valence-corrected chi connectivity index (χ4v) is 2.33. The second-order valence-corrected chi connectivity index (χ2v) is 4.91. The van der Waals surface area contributed by atoms with E-state index in [4.69, 9.17) is 5.73 Å². The van der Waals surface area contributed by atoms with Crippen LogP contribution in [0, 0.1) is 13.8 Å². The van der Waals surface area contributed by atoms with Crippen molar-refractivity contribution in [3.8, 4) is 0 Å². The van der Waals surface area contributed by atoms with Crippen molar-refractivity contribution in [1.82, 2.24) is 9.36 Å². The molecule has 0 atom stereocenters. The molecule has 0 unspecified atom stereocenters. The average molecular weight is 259 g/mol. The van der Waals surface area contributed by atoms with Gasteiger partial charge in [0.05, 0.1) is 12.2 Å². The van der Waals surface area contributed by atoms with Gasteiger partial charge in [0.1, 0.15) is 5.69 Å². The van der Waals surface area contributed by atoms with Crippen LogP contribution in [0.3, 0.4) is 0 Å². The molecule has 1 aromatic heterocycles. The van der Waals surface area contributed by atoms with Crippen molar-refractivity contribution in [2.45, 2.75) is 40.3 Å². The topological polar surface area (TPSA) is 52.9 Å². The van der Waals surface area contributed by atoms with E-state index in [2.05, 4.69) is 26.0 Å². The Morgan fingerprint density at radius 3 is 2.47 bits per heavy atom. The molecule has 0 bridgehead atoms. The highest BCUT2D eigenvalue weighted by Crippen LogP contribution is 2.12. The van der Waals surface area contributed by atoms with Gasteiger partial charge in [0, 0.05) is 6.54 Å². The van der Waals surface area contributed by atoms with Crippen LogP contribution in [0.25, 0.3) is 0 Å². The maximum Gasteiger partial charge on any atom is 0.290 e. The molecule has 0 saturated carbocycles. The Hall–Kier alpha value is -1.97. The molecule has 2 rings (SSSR count). The number of nitrogens with zero attached hydrogens (tertiary/aromatic N) is 2. The van der Waals surface area contributed by atoms with Gasteiger partial charge in [-0.15, -0.1) is 0 Å². The second-order valence-electron chi connectivity index (χ2n) is 4.91. The van der Waals surface area contributed by atoms with Crippen molar-refractivity contribution in [1.29, 1.82) is 0 Å². The van der Waals surface area contributed by atoms with E-state index in [9.17, 15) is 4.79 Å². The van der Waals surface area contributed by atoms with Crippen LogP contribution >= 0.6 is 0 Å². The fraction of sp³-hybridized carbons (Fsp3) is 0.400. The SMILES string of the molecule is CCCn1c(C)c(N)c(=O)n1Cc1ccccc1C. The van der Waals surface area contributed by atoms with Crippen LogP contribution < -0.4 is 11.3 Å². The maximum atomic E-state index is 12.2. The summed E-state index contributed by atoms with van der Waals surface area (Å²) in [6.07, 6.45) is 0.974. The van der Waals surface area contributed by atoms with Gasteiger partial charge in [-0.1, -0.05) is 31.2 Å². The van der Waals surface area contributed by atoms with Crippen molar-refractivity contribution >= 4 is 5.69 Å². The van der Waals surface area contributed by atoms with Crippen molar-refractivity contribution < 1.29 is 0 Å². The van der Waals surface area contributed by atoms with Crippen LogP contribution in [0.5, 0.6) is 0 Å². The highest BCUT2D eigenvalue weighted by Gasteiger charge is 2.14. The number of hydrogen-bond acceptors (Lipinski definition) is 2. The number of nitrogens with two attached hydrogens (primary N) is 1. The minimum Gasteiger partial charge on any atom is -0.393 e. The molecule has 0 saturated heterocycles. The van der Waals surface area contributed by atoms with Crippen molar-refractivity contribution in [3.63, 3.8) is 0 Å². The molecule has 4 heteroatoms. The van der Waals surface area contributed by atoms with Gasteiger partial charge in [-0.25, -0.2) is 4.68 Å². The summed E-state index contributed by atoms with van der Waals surface area (Å²) >= 11 is 0. The summed E-state index contributed by atoms with van der Waals surface area (Å²) in [5, 5.41) is 0. The smallest absolute Gasteiger partial charge is 0.290 e. The van der Waals surface area contributed by atoms with Gasteiger partial charge in [-0.05, 0) is 31.4 Å². The van der Waals surface area contributed by atoms with Gasteiger partial charge < -0.3 is 5.73 Å². The number of benzene rings is 1. The molecule has 0 aliphatic heterocycles. The zero-order valence-corrected chi connectivity index (χ0v) is 11.8. The number of hydrogen-bond donors (Lipinski definition) is 1. The summed E-state index contributed by atoms with van der Waals surface area (Å²) in [4.78, 5) is 12.2. The van der Waals surface area contributed by atoms with E-state index in [1.54, 1.807) is 4.68 Å². The molecular weight excluding hydrogens is 238 g/mol. The largest absolute Gasteiger partial charge is 0.393 e. The first kappa shape index (κ1) is 13.5. The molecule has 0 aliphatic carbocycles. The minimum absolute atomic E-state index is 0.0887. The monoisotopic (exact) mass is 259 g/mol. The quantitative estimate of drug-likeness (QED) is 0.916. The molecule has 19 heavy (non-hydrogen) atoms. The Labute approximate surface area is 113 Å². The predicted octanol–water partition coefficient (Wildman–Crippen LogP) is 2.31. The molecule has 2 aromatic rings. The van der Waals surface area contributed by atoms with E-state index in [1.165, 1.54) is 5.56 Å². The highest BCUT2D eigenvalue weighted by molar-refractivity contribution is 5.41. The van der Waals surface area contributed by atoms with E-state index >= 15 is 0 Å². The Kier molecular flexibility index (Phi) is 3.79.